The Hall–Kier alpha value is -1.46. The Kier molecular flexibility index (Phi) is 2.18. The van der Waals surface area contributed by atoms with Crippen LogP contribution in [-0.4, -0.2) is 21.2 Å². The third-order valence-electron chi connectivity index (χ3n) is 1.82. The van der Waals surface area contributed by atoms with E-state index in [1.807, 2.05) is 0 Å². The molecule has 0 amide bonds. The topological polar surface area (TPSA) is 70.4 Å². The molecule has 0 aliphatic rings. The smallest absolute Gasteiger partial charge is 0.365 e. The molecule has 0 aliphatic heterocycles. The van der Waals surface area contributed by atoms with Crippen molar-refractivity contribution in [2.75, 3.05) is 0 Å². The predicted octanol–water partition coefficient (Wildman–Crippen LogP) is 1.49. The van der Waals surface area contributed by atoms with Crippen LogP contribution in [0.3, 0.4) is 0 Å². The quantitative estimate of drug-likeness (QED) is 0.786. The van der Waals surface area contributed by atoms with E-state index in [0.717, 1.165) is 21.6 Å². The number of rotatable bonds is 2. The van der Waals surface area contributed by atoms with Crippen molar-refractivity contribution in [1.29, 1.82) is 0 Å². The Bertz CT molecular complexity index is 492. The van der Waals surface area contributed by atoms with Gasteiger partial charge in [-0.1, -0.05) is 6.07 Å². The highest BCUT2D eigenvalue weighted by atomic mass is 32.1. The fraction of sp³-hybridized carbons (Fsp3) is 0.111. The van der Waals surface area contributed by atoms with Gasteiger partial charge in [-0.15, -0.1) is 11.3 Å². The van der Waals surface area contributed by atoms with Crippen LogP contribution in [0.4, 0.5) is 0 Å². The fourth-order valence-electron chi connectivity index (χ4n) is 1.16. The van der Waals surface area contributed by atoms with Gasteiger partial charge in [0.25, 0.3) is 0 Å². The second-order valence-electron chi connectivity index (χ2n) is 2.78. The van der Waals surface area contributed by atoms with E-state index in [1.165, 1.54) is 0 Å². The third kappa shape index (κ3) is 1.47. The summed E-state index contributed by atoms with van der Waals surface area (Å²) in [5, 5.41) is 17.7. The third-order valence-corrected chi connectivity index (χ3v) is 2.82. The Labute approximate surface area is 83.5 Å². The van der Waals surface area contributed by atoms with Gasteiger partial charge in [-0.25, -0.2) is 9.78 Å². The molecule has 0 bridgehead atoms. The minimum absolute atomic E-state index is 0.0454. The molecular weight excluding hydrogens is 202 g/mol. The van der Waals surface area contributed by atoms with Crippen molar-refractivity contribution in [3.8, 4) is 0 Å². The summed E-state index contributed by atoms with van der Waals surface area (Å²) < 4.78 is 0.786. The van der Waals surface area contributed by atoms with Crippen LogP contribution in [-0.2, 0) is 6.61 Å². The lowest BCUT2D eigenvalue weighted by molar-refractivity contribution is 0.0696. The molecule has 0 saturated heterocycles. The van der Waals surface area contributed by atoms with Crippen LogP contribution in [0.2, 0.25) is 0 Å². The van der Waals surface area contributed by atoms with E-state index in [2.05, 4.69) is 4.98 Å². The molecule has 2 aromatic rings. The van der Waals surface area contributed by atoms with Crippen molar-refractivity contribution >= 4 is 27.5 Å². The monoisotopic (exact) mass is 209 g/mol. The molecule has 14 heavy (non-hydrogen) atoms. The second kappa shape index (κ2) is 3.36. The first-order valence-corrected chi connectivity index (χ1v) is 4.76. The molecule has 1 aromatic carbocycles. The molecule has 2 N–H and O–H groups in total. The maximum absolute atomic E-state index is 10.6. The highest BCUT2D eigenvalue weighted by molar-refractivity contribution is 7.20. The summed E-state index contributed by atoms with van der Waals surface area (Å²) in [7, 11) is 0. The highest BCUT2D eigenvalue weighted by Crippen LogP contribution is 2.23. The maximum Gasteiger partial charge on any atom is 0.365 e. The van der Waals surface area contributed by atoms with Crippen LogP contribution < -0.4 is 0 Å². The van der Waals surface area contributed by atoms with Gasteiger partial charge in [0.15, 0.2) is 0 Å². The van der Waals surface area contributed by atoms with Crippen molar-refractivity contribution in [2.45, 2.75) is 6.61 Å². The molecule has 4 nitrogen and oxygen atoms in total. The average molecular weight is 209 g/mol. The molecule has 0 saturated carbocycles. The number of fused-ring (bicyclic) bond motifs is 1. The predicted molar refractivity (Wildman–Crippen MR) is 52.5 cm³/mol. The molecule has 0 atom stereocenters. The van der Waals surface area contributed by atoms with E-state index in [4.69, 9.17) is 10.2 Å². The molecule has 2 rings (SSSR count). The van der Waals surface area contributed by atoms with Crippen LogP contribution in [0.5, 0.6) is 0 Å². The van der Waals surface area contributed by atoms with Crippen LogP contribution >= 0.6 is 11.3 Å². The number of carbonyl (C=O) groups is 1. The van der Waals surface area contributed by atoms with Crippen molar-refractivity contribution in [1.82, 2.24) is 4.98 Å². The molecule has 1 heterocycles. The number of hydrogen-bond donors (Lipinski definition) is 2. The number of aliphatic hydroxyl groups is 1. The number of carboxylic acids is 1. The first-order valence-electron chi connectivity index (χ1n) is 3.94. The largest absolute Gasteiger partial charge is 0.476 e. The number of carboxylic acid groups (broad SMARTS) is 1. The van der Waals surface area contributed by atoms with Gasteiger partial charge < -0.3 is 10.2 Å². The Morgan fingerprint density at radius 1 is 1.50 bits per heavy atom. The van der Waals surface area contributed by atoms with E-state index in [9.17, 15) is 4.79 Å². The molecule has 0 unspecified atom stereocenters. The molecule has 0 fully saturated rings. The minimum atomic E-state index is -1.02. The Morgan fingerprint density at radius 2 is 2.29 bits per heavy atom. The molecule has 1 aromatic heterocycles. The van der Waals surface area contributed by atoms with Gasteiger partial charge in [-0.05, 0) is 17.7 Å². The standard InChI is InChI=1S/C9H7NO3S/c11-4-5-1-2-6-7(3-5)14-8(10-6)9(12)13/h1-3,11H,4H2,(H,12,13). The minimum Gasteiger partial charge on any atom is -0.476 e. The number of hydrogen-bond acceptors (Lipinski definition) is 4. The molecule has 0 spiro atoms. The summed E-state index contributed by atoms with van der Waals surface area (Å²) >= 11 is 1.11. The maximum atomic E-state index is 10.6. The summed E-state index contributed by atoms with van der Waals surface area (Å²) in [5.74, 6) is -1.02. The van der Waals surface area contributed by atoms with Gasteiger partial charge in [0.2, 0.25) is 5.01 Å². The van der Waals surface area contributed by atoms with Gasteiger partial charge in [0, 0.05) is 0 Å². The van der Waals surface area contributed by atoms with E-state index < -0.39 is 5.97 Å². The van der Waals surface area contributed by atoms with Crippen molar-refractivity contribution < 1.29 is 15.0 Å². The van der Waals surface area contributed by atoms with Gasteiger partial charge in [0.05, 0.1) is 16.8 Å². The Balaban J connectivity index is 2.60. The number of thiazole rings is 1. The van der Waals surface area contributed by atoms with Crippen molar-refractivity contribution in [3.05, 3.63) is 28.8 Å². The zero-order valence-corrected chi connectivity index (χ0v) is 7.91. The SMILES string of the molecule is O=C(O)c1nc2ccc(CO)cc2s1. The van der Waals surface area contributed by atoms with Gasteiger partial charge >= 0.3 is 5.97 Å². The van der Waals surface area contributed by atoms with E-state index in [0.29, 0.717) is 5.52 Å². The fourth-order valence-corrected chi connectivity index (χ4v) is 2.03. The summed E-state index contributed by atoms with van der Waals surface area (Å²) in [4.78, 5) is 14.5. The van der Waals surface area contributed by atoms with Crippen LogP contribution in [0, 0.1) is 0 Å². The summed E-state index contributed by atoms with van der Waals surface area (Å²) in [6.45, 7) is -0.0454. The highest BCUT2D eigenvalue weighted by Gasteiger charge is 2.10. The van der Waals surface area contributed by atoms with Crippen LogP contribution in [0.25, 0.3) is 10.2 Å². The summed E-state index contributed by atoms with van der Waals surface area (Å²) in [6.07, 6.45) is 0. The molecular formula is C9H7NO3S. The molecule has 0 aliphatic carbocycles. The average Bonchev–Trinajstić information content (AvgIpc) is 2.59. The van der Waals surface area contributed by atoms with Crippen molar-refractivity contribution in [3.63, 3.8) is 0 Å². The van der Waals surface area contributed by atoms with Crippen LogP contribution in [0.15, 0.2) is 18.2 Å². The Morgan fingerprint density at radius 3 is 2.93 bits per heavy atom. The summed E-state index contributed by atoms with van der Waals surface area (Å²) in [5.41, 5.74) is 1.42. The number of benzene rings is 1. The number of nitrogens with zero attached hydrogens (tertiary/aromatic N) is 1. The zero-order valence-electron chi connectivity index (χ0n) is 7.10. The first-order chi connectivity index (χ1) is 6.70. The lowest BCUT2D eigenvalue weighted by Crippen LogP contribution is -1.93. The van der Waals surface area contributed by atoms with Gasteiger partial charge in [-0.2, -0.15) is 0 Å². The normalized spacial score (nSPS) is 10.6. The lowest BCUT2D eigenvalue weighted by atomic mass is 10.2. The number of aliphatic hydroxyl groups excluding tert-OH is 1. The van der Waals surface area contributed by atoms with Gasteiger partial charge in [-0.3, -0.25) is 0 Å². The second-order valence-corrected chi connectivity index (χ2v) is 3.82. The summed E-state index contributed by atoms with van der Waals surface area (Å²) in [6, 6.07) is 5.19. The van der Waals surface area contributed by atoms with Crippen LogP contribution in [0.1, 0.15) is 15.4 Å². The van der Waals surface area contributed by atoms with Gasteiger partial charge in [0.1, 0.15) is 0 Å². The number of aromatic nitrogens is 1. The number of aromatic carboxylic acids is 1. The molecule has 72 valence electrons. The van der Waals surface area contributed by atoms with Crippen molar-refractivity contribution in [2.24, 2.45) is 0 Å². The first kappa shape index (κ1) is 9.11. The zero-order chi connectivity index (χ0) is 10.1. The van der Waals surface area contributed by atoms with E-state index >= 15 is 0 Å². The lowest BCUT2D eigenvalue weighted by Gasteiger charge is -1.92. The van der Waals surface area contributed by atoms with E-state index in [1.54, 1.807) is 18.2 Å². The molecule has 0 radical (unpaired) electrons. The molecule has 5 heteroatoms. The van der Waals surface area contributed by atoms with E-state index in [-0.39, 0.29) is 11.6 Å².